The highest BCUT2D eigenvalue weighted by atomic mass is 16.6. The number of rotatable bonds is 3. The van der Waals surface area contributed by atoms with Crippen LogP contribution in [0, 0.1) is 6.92 Å². The number of ether oxygens (including phenoxy) is 1. The first kappa shape index (κ1) is 15.0. The zero-order valence-electron chi connectivity index (χ0n) is 11.6. The summed E-state index contributed by atoms with van der Waals surface area (Å²) in [5.41, 5.74) is -0.344. The summed E-state index contributed by atoms with van der Waals surface area (Å²) in [5, 5.41) is 11.4. The molecule has 7 heteroatoms. The number of carboxylic acid groups (broad SMARTS) is 1. The third-order valence-corrected chi connectivity index (χ3v) is 2.11. The minimum absolute atomic E-state index is 0.126. The molecule has 0 radical (unpaired) electrons. The van der Waals surface area contributed by atoms with Crippen molar-refractivity contribution in [3.63, 3.8) is 0 Å². The van der Waals surface area contributed by atoms with Crippen LogP contribution >= 0.6 is 0 Å². The van der Waals surface area contributed by atoms with Crippen molar-refractivity contribution in [1.29, 1.82) is 0 Å². The van der Waals surface area contributed by atoms with Crippen molar-refractivity contribution >= 4 is 12.1 Å². The lowest BCUT2D eigenvalue weighted by Gasteiger charge is -2.20. The van der Waals surface area contributed by atoms with E-state index in [1.807, 2.05) is 0 Å². The van der Waals surface area contributed by atoms with E-state index >= 15 is 0 Å². The molecule has 2 N–H and O–H groups in total. The molecule has 0 saturated carbocycles. The van der Waals surface area contributed by atoms with Gasteiger partial charge in [0.25, 0.3) is 0 Å². The molecule has 7 nitrogen and oxygen atoms in total. The van der Waals surface area contributed by atoms with Gasteiger partial charge in [-0.3, -0.25) is 0 Å². The van der Waals surface area contributed by atoms with E-state index in [1.165, 1.54) is 6.92 Å². The Morgan fingerprint density at radius 3 is 2.42 bits per heavy atom. The number of amides is 1. The second kappa shape index (κ2) is 5.29. The largest absolute Gasteiger partial charge is 0.475 e. The number of carboxylic acids is 1. The summed E-state index contributed by atoms with van der Waals surface area (Å²) in [4.78, 5) is 26.3. The predicted molar refractivity (Wildman–Crippen MR) is 66.0 cm³/mol. The standard InChI is InChI=1S/C12H18N2O5/c1-6-8(10(15)16)18-9(13-6)7(2)14-11(17)19-12(3,4)5/h7H,1-5H3,(H,14,17)(H,15,16). The number of nitrogens with zero attached hydrogens (tertiary/aromatic N) is 1. The van der Waals surface area contributed by atoms with Gasteiger partial charge in [-0.05, 0) is 34.6 Å². The molecular formula is C12H18N2O5. The van der Waals surface area contributed by atoms with Crippen LogP contribution < -0.4 is 5.32 Å². The fourth-order valence-corrected chi connectivity index (χ4v) is 1.35. The van der Waals surface area contributed by atoms with Gasteiger partial charge >= 0.3 is 12.1 Å². The number of nitrogens with one attached hydrogen (secondary N) is 1. The molecule has 0 saturated heterocycles. The molecule has 0 aliphatic carbocycles. The lowest BCUT2D eigenvalue weighted by Crippen LogP contribution is -2.34. The summed E-state index contributed by atoms with van der Waals surface area (Å²) in [6.07, 6.45) is -0.618. The summed E-state index contributed by atoms with van der Waals surface area (Å²) in [5.74, 6) is -1.30. The van der Waals surface area contributed by atoms with Crippen molar-refractivity contribution in [2.24, 2.45) is 0 Å². The van der Waals surface area contributed by atoms with Crippen LogP contribution in [0.15, 0.2) is 4.42 Å². The Bertz CT molecular complexity index is 487. The van der Waals surface area contributed by atoms with Crippen molar-refractivity contribution in [3.05, 3.63) is 17.3 Å². The van der Waals surface area contributed by atoms with E-state index in [4.69, 9.17) is 14.3 Å². The van der Waals surface area contributed by atoms with E-state index in [1.54, 1.807) is 27.7 Å². The molecule has 0 aliphatic rings. The number of aromatic nitrogens is 1. The van der Waals surface area contributed by atoms with Crippen LogP contribution in [0.4, 0.5) is 4.79 Å². The highest BCUT2D eigenvalue weighted by Crippen LogP contribution is 2.17. The maximum atomic E-state index is 11.5. The molecule has 1 atom stereocenters. The van der Waals surface area contributed by atoms with Crippen LogP contribution in [-0.4, -0.2) is 27.8 Å². The Balaban J connectivity index is 2.73. The monoisotopic (exact) mass is 270 g/mol. The van der Waals surface area contributed by atoms with E-state index in [0.717, 1.165) is 0 Å². The van der Waals surface area contributed by atoms with Gasteiger partial charge in [-0.1, -0.05) is 0 Å². The molecule has 0 bridgehead atoms. The van der Waals surface area contributed by atoms with Crippen LogP contribution in [0.25, 0.3) is 0 Å². The van der Waals surface area contributed by atoms with E-state index in [0.29, 0.717) is 0 Å². The number of carbonyl (C=O) groups is 2. The molecule has 0 aromatic carbocycles. The summed E-state index contributed by atoms with van der Waals surface area (Å²) in [6.45, 7) is 8.39. The minimum Gasteiger partial charge on any atom is -0.475 e. The topological polar surface area (TPSA) is 102 Å². The molecule has 0 spiro atoms. The second-order valence-corrected chi connectivity index (χ2v) is 5.14. The lowest BCUT2D eigenvalue weighted by atomic mass is 10.2. The molecule has 1 rings (SSSR count). The molecule has 1 aromatic rings. The molecule has 0 aliphatic heterocycles. The molecule has 1 amide bonds. The van der Waals surface area contributed by atoms with Gasteiger partial charge in [0.1, 0.15) is 11.6 Å². The normalized spacial score (nSPS) is 12.9. The minimum atomic E-state index is -1.19. The van der Waals surface area contributed by atoms with Gasteiger partial charge < -0.3 is 19.6 Å². The van der Waals surface area contributed by atoms with Gasteiger partial charge in [-0.25, -0.2) is 14.6 Å². The molecule has 0 fully saturated rings. The summed E-state index contributed by atoms with van der Waals surface area (Å²) >= 11 is 0. The number of carbonyl (C=O) groups excluding carboxylic acids is 1. The number of oxazole rings is 1. The molecule has 1 unspecified atom stereocenters. The number of aromatic carboxylic acids is 1. The van der Waals surface area contributed by atoms with E-state index in [2.05, 4.69) is 10.3 Å². The number of hydrogen-bond acceptors (Lipinski definition) is 5. The van der Waals surface area contributed by atoms with E-state index in [-0.39, 0.29) is 17.3 Å². The SMILES string of the molecule is Cc1nc(C(C)NC(=O)OC(C)(C)C)oc1C(=O)O. The third kappa shape index (κ3) is 4.27. The van der Waals surface area contributed by atoms with E-state index < -0.39 is 23.7 Å². The van der Waals surface area contributed by atoms with Crippen molar-refractivity contribution in [1.82, 2.24) is 10.3 Å². The lowest BCUT2D eigenvalue weighted by molar-refractivity contribution is 0.0500. The van der Waals surface area contributed by atoms with Crippen LogP contribution in [-0.2, 0) is 4.74 Å². The van der Waals surface area contributed by atoms with Crippen LogP contribution in [0.2, 0.25) is 0 Å². The maximum Gasteiger partial charge on any atom is 0.408 e. The van der Waals surface area contributed by atoms with Gasteiger partial charge in [-0.15, -0.1) is 0 Å². The molecule has 1 aromatic heterocycles. The first-order chi connectivity index (χ1) is 8.60. The van der Waals surface area contributed by atoms with Crippen LogP contribution in [0.1, 0.15) is 55.9 Å². The first-order valence-electron chi connectivity index (χ1n) is 5.80. The van der Waals surface area contributed by atoms with Gasteiger partial charge in [0, 0.05) is 0 Å². The fourth-order valence-electron chi connectivity index (χ4n) is 1.35. The van der Waals surface area contributed by atoms with Gasteiger partial charge in [-0.2, -0.15) is 0 Å². The van der Waals surface area contributed by atoms with Gasteiger partial charge in [0.2, 0.25) is 11.7 Å². The van der Waals surface area contributed by atoms with Crippen LogP contribution in [0.3, 0.4) is 0 Å². The Morgan fingerprint density at radius 2 is 2.00 bits per heavy atom. The number of alkyl carbamates (subject to hydrolysis) is 1. The van der Waals surface area contributed by atoms with Crippen molar-refractivity contribution in [2.45, 2.75) is 46.3 Å². The molecular weight excluding hydrogens is 252 g/mol. The summed E-state index contributed by atoms with van der Waals surface area (Å²) in [7, 11) is 0. The quantitative estimate of drug-likeness (QED) is 0.873. The third-order valence-electron chi connectivity index (χ3n) is 2.11. The van der Waals surface area contributed by atoms with Crippen LogP contribution in [0.5, 0.6) is 0 Å². The molecule has 106 valence electrons. The van der Waals surface area contributed by atoms with Crippen molar-refractivity contribution in [3.8, 4) is 0 Å². The highest BCUT2D eigenvalue weighted by molar-refractivity contribution is 5.85. The Labute approximate surface area is 111 Å². The average molecular weight is 270 g/mol. The number of hydrogen-bond donors (Lipinski definition) is 2. The van der Waals surface area contributed by atoms with Gasteiger partial charge in [0.05, 0.1) is 5.69 Å². The highest BCUT2D eigenvalue weighted by Gasteiger charge is 2.23. The Morgan fingerprint density at radius 1 is 1.42 bits per heavy atom. The zero-order valence-corrected chi connectivity index (χ0v) is 11.6. The zero-order chi connectivity index (χ0) is 14.8. The fraction of sp³-hybridized carbons (Fsp3) is 0.583. The van der Waals surface area contributed by atoms with Crippen molar-refractivity contribution in [2.75, 3.05) is 0 Å². The summed E-state index contributed by atoms with van der Waals surface area (Å²) in [6, 6.07) is -0.582. The number of aryl methyl sites for hydroxylation is 1. The maximum absolute atomic E-state index is 11.5. The van der Waals surface area contributed by atoms with Gasteiger partial charge in [0.15, 0.2) is 0 Å². The van der Waals surface area contributed by atoms with Crippen molar-refractivity contribution < 1.29 is 23.8 Å². The predicted octanol–water partition coefficient (Wildman–Crippen LogP) is 2.27. The average Bonchev–Trinajstić information content (AvgIpc) is 2.57. The molecule has 19 heavy (non-hydrogen) atoms. The Kier molecular flexibility index (Phi) is 4.18. The van der Waals surface area contributed by atoms with E-state index in [9.17, 15) is 9.59 Å². The molecule has 1 heterocycles. The Hall–Kier alpha value is -2.05. The smallest absolute Gasteiger partial charge is 0.408 e. The first-order valence-corrected chi connectivity index (χ1v) is 5.80. The second-order valence-electron chi connectivity index (χ2n) is 5.14. The summed E-state index contributed by atoms with van der Waals surface area (Å²) < 4.78 is 10.2.